The molecule has 1 nitrogen and oxygen atoms in total. The van der Waals surface area contributed by atoms with Gasteiger partial charge in [0.2, 0.25) is 0 Å². The Morgan fingerprint density at radius 1 is 0.490 bits per heavy atom. The predicted octanol–water partition coefficient (Wildman–Crippen LogP) is 14.6. The Kier molecular flexibility index (Phi) is 14.4. The summed E-state index contributed by atoms with van der Waals surface area (Å²) >= 11 is 0. The van der Waals surface area contributed by atoms with E-state index in [9.17, 15) is 8.78 Å². The van der Waals surface area contributed by atoms with Crippen LogP contribution in [0.15, 0.2) is 36.4 Å². The third-order valence-electron chi connectivity index (χ3n) is 14.4. The van der Waals surface area contributed by atoms with Gasteiger partial charge >= 0.3 is 0 Å². The van der Waals surface area contributed by atoms with Crippen molar-refractivity contribution in [3.8, 4) is 0 Å². The van der Waals surface area contributed by atoms with Crippen LogP contribution in [0.1, 0.15) is 178 Å². The van der Waals surface area contributed by atoms with E-state index in [0.717, 1.165) is 87.2 Å². The third kappa shape index (κ3) is 9.81. The van der Waals surface area contributed by atoms with Crippen LogP contribution in [-0.4, -0.2) is 0 Å². The lowest BCUT2D eigenvalue weighted by molar-refractivity contribution is -0.0962. The summed E-state index contributed by atoms with van der Waals surface area (Å²) in [5.74, 6) is 1.10. The van der Waals surface area contributed by atoms with Crippen molar-refractivity contribution < 1.29 is 22.3 Å². The minimum atomic E-state index is -0.881. The van der Waals surface area contributed by atoms with E-state index in [-0.39, 0.29) is 23.0 Å². The molecule has 2 unspecified atom stereocenters. The van der Waals surface area contributed by atoms with Crippen LogP contribution in [0, 0.1) is 70.6 Å². The standard InChI is InChI=1S/C46H66F4O/c1-3-5-9-31-15-19-33(20-16-31)35-23-27-37(28-24-35)45(39-11-7-13-41(47)43(39)49)51-46(40-12-8-14-42(48)44(40)50)38-29-25-36(26-30-38)34-21-17-32(18-22-34)10-6-4-2/h7-8,11-14,31-38,45-46H,3-6,9-10,15-30H2,1-2H3. The van der Waals surface area contributed by atoms with Gasteiger partial charge in [0, 0.05) is 11.1 Å². The largest absolute Gasteiger partial charge is 0.365 e. The molecule has 6 rings (SSSR count). The average Bonchev–Trinajstić information content (AvgIpc) is 3.17. The Bertz CT molecular complexity index is 1230. The highest BCUT2D eigenvalue weighted by Gasteiger charge is 2.40. The van der Waals surface area contributed by atoms with Crippen LogP contribution in [0.25, 0.3) is 0 Å². The first kappa shape index (κ1) is 38.8. The molecule has 284 valence electrons. The lowest BCUT2D eigenvalue weighted by Crippen LogP contribution is -2.32. The first-order valence-corrected chi connectivity index (χ1v) is 21.4. The molecule has 0 bridgehead atoms. The average molecular weight is 711 g/mol. The molecule has 0 spiro atoms. The van der Waals surface area contributed by atoms with E-state index in [1.807, 2.05) is 0 Å². The zero-order valence-electron chi connectivity index (χ0n) is 31.7. The van der Waals surface area contributed by atoms with Crippen molar-refractivity contribution in [2.24, 2.45) is 47.3 Å². The molecule has 0 heterocycles. The molecule has 51 heavy (non-hydrogen) atoms. The first-order valence-electron chi connectivity index (χ1n) is 21.4. The summed E-state index contributed by atoms with van der Waals surface area (Å²) in [6.07, 6.45) is 24.9. The van der Waals surface area contributed by atoms with Crippen molar-refractivity contribution in [2.45, 2.75) is 167 Å². The van der Waals surface area contributed by atoms with Crippen LogP contribution in [0.5, 0.6) is 0 Å². The molecule has 0 aliphatic heterocycles. The maximum Gasteiger partial charge on any atom is 0.164 e. The number of halogens is 4. The van der Waals surface area contributed by atoms with Crippen molar-refractivity contribution in [3.63, 3.8) is 0 Å². The highest BCUT2D eigenvalue weighted by molar-refractivity contribution is 5.25. The Hall–Kier alpha value is -1.88. The predicted molar refractivity (Wildman–Crippen MR) is 200 cm³/mol. The number of rotatable bonds is 14. The Labute approximate surface area is 307 Å². The highest BCUT2D eigenvalue weighted by Crippen LogP contribution is 2.51. The van der Waals surface area contributed by atoms with Gasteiger partial charge in [-0.3, -0.25) is 0 Å². The molecule has 0 amide bonds. The summed E-state index contributed by atoms with van der Waals surface area (Å²) in [4.78, 5) is 0. The van der Waals surface area contributed by atoms with Gasteiger partial charge in [0.25, 0.3) is 0 Å². The minimum Gasteiger partial charge on any atom is -0.365 e. The fourth-order valence-electron chi connectivity index (χ4n) is 11.2. The molecule has 2 aromatic rings. The molecule has 0 aromatic heterocycles. The van der Waals surface area contributed by atoms with Gasteiger partial charge in [-0.2, -0.15) is 0 Å². The molecule has 0 saturated heterocycles. The van der Waals surface area contributed by atoms with Crippen LogP contribution in [0.4, 0.5) is 17.6 Å². The van der Waals surface area contributed by atoms with Crippen molar-refractivity contribution in [1.82, 2.24) is 0 Å². The zero-order valence-corrected chi connectivity index (χ0v) is 31.7. The van der Waals surface area contributed by atoms with Gasteiger partial charge in [-0.05, 0) is 137 Å². The fraction of sp³-hybridized carbons (Fsp3) is 0.739. The molecule has 4 aliphatic rings. The molecular weight excluding hydrogens is 644 g/mol. The molecule has 5 heteroatoms. The van der Waals surface area contributed by atoms with E-state index in [4.69, 9.17) is 4.74 Å². The number of hydrogen-bond donors (Lipinski definition) is 0. The summed E-state index contributed by atoms with van der Waals surface area (Å²) in [6.45, 7) is 4.55. The van der Waals surface area contributed by atoms with Crippen molar-refractivity contribution in [2.75, 3.05) is 0 Å². The quantitative estimate of drug-likeness (QED) is 0.177. The van der Waals surface area contributed by atoms with Crippen LogP contribution < -0.4 is 0 Å². The zero-order chi connectivity index (χ0) is 35.7. The van der Waals surface area contributed by atoms with E-state index in [1.54, 1.807) is 24.3 Å². The second-order valence-corrected chi connectivity index (χ2v) is 17.5. The number of ether oxygens (including phenoxy) is 1. The maximum atomic E-state index is 15.7. The van der Waals surface area contributed by atoms with Crippen molar-refractivity contribution in [1.29, 1.82) is 0 Å². The number of unbranched alkanes of at least 4 members (excludes halogenated alkanes) is 2. The molecule has 0 N–H and O–H groups in total. The van der Waals surface area contributed by atoms with E-state index in [0.29, 0.717) is 11.8 Å². The number of hydrogen-bond acceptors (Lipinski definition) is 1. The van der Waals surface area contributed by atoms with Crippen LogP contribution >= 0.6 is 0 Å². The second-order valence-electron chi connectivity index (χ2n) is 17.5. The van der Waals surface area contributed by atoms with E-state index in [1.165, 1.54) is 89.9 Å². The van der Waals surface area contributed by atoms with Gasteiger partial charge in [-0.1, -0.05) is 102 Å². The Balaban J connectivity index is 1.17. The van der Waals surface area contributed by atoms with Gasteiger partial charge in [0.15, 0.2) is 23.3 Å². The summed E-state index contributed by atoms with van der Waals surface area (Å²) < 4.78 is 68.1. The molecule has 0 radical (unpaired) electrons. The topological polar surface area (TPSA) is 9.23 Å². The van der Waals surface area contributed by atoms with Gasteiger partial charge in [-0.25, -0.2) is 17.6 Å². The SMILES string of the molecule is CCCCC1CCC(C2CCC(C(OC(c3cccc(F)c3F)C3CCC(C4CCC(CCCC)CC4)CC3)c3cccc(F)c3F)CC2)CC1. The van der Waals surface area contributed by atoms with Crippen LogP contribution in [0.2, 0.25) is 0 Å². The minimum absolute atomic E-state index is 0.00297. The van der Waals surface area contributed by atoms with Crippen LogP contribution in [0.3, 0.4) is 0 Å². The molecule has 4 fully saturated rings. The normalized spacial score (nSPS) is 31.6. The molecule has 2 aromatic carbocycles. The fourth-order valence-corrected chi connectivity index (χ4v) is 11.2. The van der Waals surface area contributed by atoms with Gasteiger partial charge in [-0.15, -0.1) is 0 Å². The van der Waals surface area contributed by atoms with Gasteiger partial charge < -0.3 is 4.74 Å². The second kappa shape index (κ2) is 18.9. The van der Waals surface area contributed by atoms with E-state index >= 15 is 8.78 Å². The van der Waals surface area contributed by atoms with Crippen molar-refractivity contribution >= 4 is 0 Å². The third-order valence-corrected chi connectivity index (χ3v) is 14.4. The Morgan fingerprint density at radius 3 is 1.16 bits per heavy atom. The summed E-state index contributed by atoms with van der Waals surface area (Å²) in [5, 5.41) is 0. The summed E-state index contributed by atoms with van der Waals surface area (Å²) in [7, 11) is 0. The van der Waals surface area contributed by atoms with Crippen LogP contribution in [-0.2, 0) is 4.74 Å². The first-order chi connectivity index (χ1) is 24.9. The van der Waals surface area contributed by atoms with Crippen molar-refractivity contribution in [3.05, 3.63) is 70.8 Å². The summed E-state index contributed by atoms with van der Waals surface area (Å²) in [6, 6.07) is 8.75. The Morgan fingerprint density at radius 2 is 0.824 bits per heavy atom. The molecular formula is C46H66F4O. The monoisotopic (exact) mass is 711 g/mol. The van der Waals surface area contributed by atoms with Gasteiger partial charge in [0.05, 0.1) is 12.2 Å². The smallest absolute Gasteiger partial charge is 0.164 e. The molecule has 4 saturated carbocycles. The molecule has 2 atom stereocenters. The highest BCUT2D eigenvalue weighted by atomic mass is 19.2. The van der Waals surface area contributed by atoms with E-state index < -0.39 is 35.5 Å². The van der Waals surface area contributed by atoms with E-state index in [2.05, 4.69) is 13.8 Å². The summed E-state index contributed by atoms with van der Waals surface area (Å²) in [5.41, 5.74) is 0.454. The molecule has 4 aliphatic carbocycles. The maximum absolute atomic E-state index is 15.7. The van der Waals surface area contributed by atoms with Gasteiger partial charge in [0.1, 0.15) is 0 Å². The number of benzene rings is 2. The lowest BCUT2D eigenvalue weighted by Gasteiger charge is -2.43. The lowest BCUT2D eigenvalue weighted by atomic mass is 9.67.